The highest BCUT2D eigenvalue weighted by Crippen LogP contribution is 2.22. The van der Waals surface area contributed by atoms with Gasteiger partial charge in [0.05, 0.1) is 36.9 Å². The van der Waals surface area contributed by atoms with Crippen molar-refractivity contribution in [1.82, 2.24) is 14.9 Å². The third kappa shape index (κ3) is 5.98. The Kier molecular flexibility index (Phi) is 7.63. The highest BCUT2D eigenvalue weighted by molar-refractivity contribution is 7.99. The van der Waals surface area contributed by atoms with E-state index < -0.39 is 5.97 Å². The number of hydrogen-bond donors (Lipinski definition) is 2. The minimum atomic E-state index is -0.526. The molecule has 0 atom stereocenters. The van der Waals surface area contributed by atoms with Crippen LogP contribution in [0.25, 0.3) is 5.69 Å². The van der Waals surface area contributed by atoms with Crippen molar-refractivity contribution < 1.29 is 23.5 Å². The van der Waals surface area contributed by atoms with E-state index in [1.165, 1.54) is 18.9 Å². The van der Waals surface area contributed by atoms with Crippen LogP contribution in [0.5, 0.6) is 0 Å². The van der Waals surface area contributed by atoms with Gasteiger partial charge in [0, 0.05) is 23.6 Å². The number of nitrogens with zero attached hydrogens (tertiary/aromatic N) is 2. The van der Waals surface area contributed by atoms with E-state index in [4.69, 9.17) is 9.15 Å². The maximum atomic E-state index is 12.5. The number of rotatable bonds is 9. The molecule has 0 spiro atoms. The molecule has 9 nitrogen and oxygen atoms in total. The van der Waals surface area contributed by atoms with Crippen LogP contribution in [-0.4, -0.2) is 40.2 Å². The molecule has 4 rings (SSSR count). The maximum Gasteiger partial charge on any atom is 0.339 e. The third-order valence-corrected chi connectivity index (χ3v) is 5.92. The Balaban J connectivity index is 1.36. The highest BCUT2D eigenvalue weighted by Gasteiger charge is 2.15. The van der Waals surface area contributed by atoms with Crippen LogP contribution in [0.3, 0.4) is 0 Å². The molecule has 35 heavy (non-hydrogen) atoms. The summed E-state index contributed by atoms with van der Waals surface area (Å²) < 4.78 is 11.8. The maximum absolute atomic E-state index is 12.5. The fourth-order valence-electron chi connectivity index (χ4n) is 3.25. The number of ether oxygens (including phenoxy) is 1. The Hall–Kier alpha value is -4.31. The van der Waals surface area contributed by atoms with Gasteiger partial charge in [-0.3, -0.25) is 14.2 Å². The van der Waals surface area contributed by atoms with Gasteiger partial charge in [-0.25, -0.2) is 9.78 Å². The standard InChI is InChI=1S/C25H22N4O5S/c1-33-24(32)20-6-2-3-7-21(20)28-22(30)16-35-25-26-12-13-29(25)18-10-8-17(9-11-18)23(31)27-15-19-5-4-14-34-19/h2-14H,15-16H2,1H3,(H,27,31)(H,28,30). The molecule has 0 saturated carbocycles. The van der Waals surface area contributed by atoms with Crippen molar-refractivity contribution in [2.45, 2.75) is 11.7 Å². The minimum absolute atomic E-state index is 0.0831. The second-order valence-corrected chi connectivity index (χ2v) is 8.21. The summed E-state index contributed by atoms with van der Waals surface area (Å²) in [6.45, 7) is 0.308. The Morgan fingerprint density at radius 3 is 2.60 bits per heavy atom. The first-order valence-electron chi connectivity index (χ1n) is 10.6. The average molecular weight is 491 g/mol. The van der Waals surface area contributed by atoms with Gasteiger partial charge in [-0.15, -0.1) is 0 Å². The topological polar surface area (TPSA) is 115 Å². The molecule has 0 radical (unpaired) electrons. The Morgan fingerprint density at radius 1 is 1.06 bits per heavy atom. The molecule has 0 fully saturated rings. The zero-order valence-corrected chi connectivity index (χ0v) is 19.6. The van der Waals surface area contributed by atoms with Gasteiger partial charge >= 0.3 is 5.97 Å². The third-order valence-electron chi connectivity index (χ3n) is 4.96. The Morgan fingerprint density at radius 2 is 1.86 bits per heavy atom. The van der Waals surface area contributed by atoms with Crippen molar-refractivity contribution >= 4 is 35.2 Å². The van der Waals surface area contributed by atoms with Crippen molar-refractivity contribution in [1.29, 1.82) is 0 Å². The highest BCUT2D eigenvalue weighted by atomic mass is 32.2. The van der Waals surface area contributed by atoms with E-state index >= 15 is 0 Å². The SMILES string of the molecule is COC(=O)c1ccccc1NC(=O)CSc1nccn1-c1ccc(C(=O)NCc2ccco2)cc1. The fraction of sp³-hybridized carbons (Fsp3) is 0.120. The molecule has 2 N–H and O–H groups in total. The summed E-state index contributed by atoms with van der Waals surface area (Å²) >= 11 is 1.25. The first kappa shape index (κ1) is 23.8. The smallest absolute Gasteiger partial charge is 0.339 e. The average Bonchev–Trinajstić information content (AvgIpc) is 3.58. The summed E-state index contributed by atoms with van der Waals surface area (Å²) in [7, 11) is 1.29. The molecule has 0 unspecified atom stereocenters. The molecule has 2 aromatic carbocycles. The van der Waals surface area contributed by atoms with Crippen molar-refractivity contribution in [3.05, 3.63) is 96.2 Å². The summed E-state index contributed by atoms with van der Waals surface area (Å²) in [4.78, 5) is 41.1. The quantitative estimate of drug-likeness (QED) is 0.270. The van der Waals surface area contributed by atoms with Crippen molar-refractivity contribution in [3.8, 4) is 5.69 Å². The van der Waals surface area contributed by atoms with Crippen LogP contribution in [0.2, 0.25) is 0 Å². The molecule has 178 valence electrons. The molecule has 0 saturated heterocycles. The number of amides is 2. The second-order valence-electron chi connectivity index (χ2n) is 7.26. The van der Waals surface area contributed by atoms with Gasteiger partial charge in [-0.05, 0) is 48.5 Å². The number of para-hydroxylation sites is 1. The largest absolute Gasteiger partial charge is 0.467 e. The van der Waals surface area contributed by atoms with Gasteiger partial charge in [0.2, 0.25) is 5.91 Å². The summed E-state index contributed by atoms with van der Waals surface area (Å²) in [5.41, 5.74) is 1.97. The number of nitrogens with one attached hydrogen (secondary N) is 2. The first-order chi connectivity index (χ1) is 17.0. The van der Waals surface area contributed by atoms with Crippen molar-refractivity contribution in [2.24, 2.45) is 0 Å². The zero-order valence-electron chi connectivity index (χ0n) is 18.8. The number of anilines is 1. The number of carbonyl (C=O) groups is 3. The number of benzene rings is 2. The number of esters is 1. The lowest BCUT2D eigenvalue weighted by atomic mass is 10.2. The monoisotopic (exact) mass is 490 g/mol. The number of thioether (sulfide) groups is 1. The van der Waals surface area contributed by atoms with Crippen LogP contribution < -0.4 is 10.6 Å². The van der Waals surface area contributed by atoms with Crippen LogP contribution in [0.1, 0.15) is 26.5 Å². The lowest BCUT2D eigenvalue weighted by Crippen LogP contribution is -2.22. The van der Waals surface area contributed by atoms with Gasteiger partial charge < -0.3 is 19.8 Å². The van der Waals surface area contributed by atoms with Crippen LogP contribution in [-0.2, 0) is 16.1 Å². The van der Waals surface area contributed by atoms with Gasteiger partial charge in [0.1, 0.15) is 5.76 Å². The molecule has 4 aromatic rings. The van der Waals surface area contributed by atoms with Crippen LogP contribution >= 0.6 is 11.8 Å². The number of furan rings is 1. The van der Waals surface area contributed by atoms with Crippen LogP contribution in [0.15, 0.2) is 88.9 Å². The molecular weight excluding hydrogens is 468 g/mol. The zero-order chi connectivity index (χ0) is 24.6. The molecule has 2 heterocycles. The van der Waals surface area contributed by atoms with E-state index in [0.29, 0.717) is 28.7 Å². The molecule has 0 bridgehead atoms. The van der Waals surface area contributed by atoms with Crippen LogP contribution in [0.4, 0.5) is 5.69 Å². The second kappa shape index (κ2) is 11.2. The van der Waals surface area contributed by atoms with Crippen molar-refractivity contribution in [2.75, 3.05) is 18.2 Å². The predicted octanol–water partition coefficient (Wildman–Crippen LogP) is 3.91. The first-order valence-corrected chi connectivity index (χ1v) is 11.6. The number of methoxy groups -OCH3 is 1. The predicted molar refractivity (Wildman–Crippen MR) is 131 cm³/mol. The van der Waals surface area contributed by atoms with E-state index in [-0.39, 0.29) is 23.1 Å². The normalized spacial score (nSPS) is 10.5. The molecule has 0 aliphatic rings. The van der Waals surface area contributed by atoms with E-state index in [0.717, 1.165) is 5.69 Å². The minimum Gasteiger partial charge on any atom is -0.467 e. The lowest BCUT2D eigenvalue weighted by molar-refractivity contribution is -0.113. The molecule has 10 heteroatoms. The summed E-state index contributed by atoms with van der Waals surface area (Å²) in [6, 6.07) is 17.3. The van der Waals surface area contributed by atoms with Crippen LogP contribution in [0, 0.1) is 0 Å². The van der Waals surface area contributed by atoms with E-state index in [9.17, 15) is 14.4 Å². The molecule has 2 amide bonds. The van der Waals surface area contributed by atoms with Gasteiger partial charge in [0.25, 0.3) is 5.91 Å². The van der Waals surface area contributed by atoms with E-state index in [2.05, 4.69) is 15.6 Å². The molecule has 2 aromatic heterocycles. The number of carbonyl (C=O) groups excluding carboxylic acids is 3. The summed E-state index contributed by atoms with van der Waals surface area (Å²) in [5, 5.41) is 6.15. The van der Waals surface area contributed by atoms with E-state index in [1.807, 2.05) is 4.57 Å². The van der Waals surface area contributed by atoms with E-state index in [1.54, 1.807) is 79.3 Å². The summed E-state index contributed by atoms with van der Waals surface area (Å²) in [5.74, 6) is -0.267. The fourth-order valence-corrected chi connectivity index (χ4v) is 4.02. The molecule has 0 aliphatic heterocycles. The van der Waals surface area contributed by atoms with Gasteiger partial charge in [-0.2, -0.15) is 0 Å². The van der Waals surface area contributed by atoms with Crippen molar-refractivity contribution in [3.63, 3.8) is 0 Å². The molecular formula is C25H22N4O5S. The van der Waals surface area contributed by atoms with Gasteiger partial charge in [-0.1, -0.05) is 23.9 Å². The number of imidazole rings is 1. The number of hydrogen-bond acceptors (Lipinski definition) is 7. The Labute approximate surface area is 205 Å². The molecule has 0 aliphatic carbocycles. The van der Waals surface area contributed by atoms with Gasteiger partial charge in [0.15, 0.2) is 5.16 Å². The summed E-state index contributed by atoms with van der Waals surface area (Å²) in [6.07, 6.45) is 4.97. The lowest BCUT2D eigenvalue weighted by Gasteiger charge is -2.11. The Bertz CT molecular complexity index is 1320. The number of aromatic nitrogens is 2.